The average Bonchev–Trinajstić information content (AvgIpc) is 2.88. The number of aromatic nitrogens is 2. The van der Waals surface area contributed by atoms with Crippen molar-refractivity contribution in [1.82, 2.24) is 4.57 Å². The highest BCUT2D eigenvalue weighted by Gasteiger charge is 2.22. The van der Waals surface area contributed by atoms with Gasteiger partial charge in [-0.2, -0.15) is 0 Å². The molecule has 0 spiro atoms. The maximum absolute atomic E-state index is 10.4. The van der Waals surface area contributed by atoms with Crippen LogP contribution < -0.4 is 15.0 Å². The van der Waals surface area contributed by atoms with Crippen LogP contribution in [0, 0.1) is 0 Å². The molecule has 130 valence electrons. The molecule has 3 aromatic rings. The molecule has 3 rings (SSSR count). The van der Waals surface area contributed by atoms with E-state index in [4.69, 9.17) is 22.1 Å². The molecular formula is C19H21ClN3O2+. The molecule has 0 aliphatic rings. The van der Waals surface area contributed by atoms with Gasteiger partial charge in [-0.05, 0) is 36.4 Å². The fourth-order valence-corrected chi connectivity index (χ4v) is 2.94. The number of imidazole rings is 1. The number of hydrogen-bond acceptors (Lipinski definition) is 3. The van der Waals surface area contributed by atoms with Gasteiger partial charge in [-0.3, -0.25) is 5.73 Å². The van der Waals surface area contributed by atoms with Gasteiger partial charge in [0.15, 0.2) is 0 Å². The van der Waals surface area contributed by atoms with Crippen LogP contribution in [-0.4, -0.2) is 22.4 Å². The molecule has 0 fully saturated rings. The molecule has 0 saturated carbocycles. The van der Waals surface area contributed by atoms with Gasteiger partial charge in [0.2, 0.25) is 0 Å². The predicted molar refractivity (Wildman–Crippen MR) is 99.7 cm³/mol. The number of rotatable bonds is 7. The number of fused-ring (bicyclic) bond motifs is 1. The zero-order chi connectivity index (χ0) is 17.8. The van der Waals surface area contributed by atoms with Crippen LogP contribution in [0.2, 0.25) is 5.02 Å². The van der Waals surface area contributed by atoms with E-state index in [1.165, 1.54) is 0 Å². The third-order valence-corrected chi connectivity index (χ3v) is 4.23. The van der Waals surface area contributed by atoms with Gasteiger partial charge in [-0.1, -0.05) is 36.4 Å². The van der Waals surface area contributed by atoms with Gasteiger partial charge in [0.05, 0.1) is 6.54 Å². The zero-order valence-electron chi connectivity index (χ0n) is 13.8. The Balaban J connectivity index is 1.76. The summed E-state index contributed by atoms with van der Waals surface area (Å²) in [6.45, 7) is 4.89. The Bertz CT molecular complexity index is 874. The molecule has 0 unspecified atom stereocenters. The molecule has 1 aromatic heterocycles. The lowest BCUT2D eigenvalue weighted by molar-refractivity contribution is -0.665. The molecule has 1 heterocycles. The van der Waals surface area contributed by atoms with Crippen molar-refractivity contribution in [2.75, 3.05) is 12.3 Å². The second-order valence-corrected chi connectivity index (χ2v) is 6.21. The minimum absolute atomic E-state index is 0.162. The van der Waals surface area contributed by atoms with Crippen LogP contribution in [0.1, 0.15) is 0 Å². The standard InChI is InChI=1S/C19H20ClN3O2/c1-2-11-22-17-5-3-4-6-18(17)23(19(22)21)12-15(24)13-25-16-9-7-14(20)8-10-16/h2-10,15,21,24H,1,11-13H2/p+1/t15-/m0/s1. The number of aliphatic hydroxyl groups excluding tert-OH is 1. The zero-order valence-corrected chi connectivity index (χ0v) is 14.6. The van der Waals surface area contributed by atoms with E-state index in [-0.39, 0.29) is 6.61 Å². The van der Waals surface area contributed by atoms with Crippen molar-refractivity contribution in [2.24, 2.45) is 0 Å². The number of para-hydroxylation sites is 2. The lowest BCUT2D eigenvalue weighted by Gasteiger charge is -2.12. The molecule has 3 N–H and O–H groups in total. The Labute approximate surface area is 151 Å². The van der Waals surface area contributed by atoms with Crippen LogP contribution in [0.3, 0.4) is 0 Å². The molecule has 0 amide bonds. The maximum Gasteiger partial charge on any atom is 0.356 e. The molecule has 2 aromatic carbocycles. The molecule has 0 radical (unpaired) electrons. The van der Waals surface area contributed by atoms with Crippen molar-refractivity contribution in [3.05, 3.63) is 66.2 Å². The fraction of sp³-hybridized carbons (Fsp3) is 0.211. The summed E-state index contributed by atoms with van der Waals surface area (Å²) in [7, 11) is 0. The minimum Gasteiger partial charge on any atom is -0.491 e. The lowest BCUT2D eigenvalue weighted by Crippen LogP contribution is -2.43. The van der Waals surface area contributed by atoms with E-state index in [9.17, 15) is 5.11 Å². The maximum atomic E-state index is 10.4. The van der Waals surface area contributed by atoms with Gasteiger partial charge >= 0.3 is 5.95 Å². The quantitative estimate of drug-likeness (QED) is 0.504. The smallest absolute Gasteiger partial charge is 0.356 e. The fourth-order valence-electron chi connectivity index (χ4n) is 2.81. The number of aliphatic hydroxyl groups is 1. The molecule has 1 atom stereocenters. The average molecular weight is 359 g/mol. The molecule has 6 heteroatoms. The van der Waals surface area contributed by atoms with Gasteiger partial charge < -0.3 is 9.84 Å². The number of halogens is 1. The van der Waals surface area contributed by atoms with Gasteiger partial charge in [0.25, 0.3) is 0 Å². The van der Waals surface area contributed by atoms with Crippen LogP contribution in [0.25, 0.3) is 11.0 Å². The number of nitrogen functional groups attached to an aromatic ring is 1. The van der Waals surface area contributed by atoms with E-state index >= 15 is 0 Å². The Hall–Kier alpha value is -2.50. The first-order valence-corrected chi connectivity index (χ1v) is 8.42. The second kappa shape index (κ2) is 7.59. The number of allylic oxidation sites excluding steroid dienone is 1. The van der Waals surface area contributed by atoms with E-state index in [2.05, 4.69) is 6.58 Å². The SMILES string of the molecule is C=CCn1c(N)[n+](C[C@H](O)COc2ccc(Cl)cc2)c2ccccc21. The van der Waals surface area contributed by atoms with Gasteiger partial charge in [0.1, 0.15) is 36.0 Å². The van der Waals surface area contributed by atoms with Gasteiger partial charge in [-0.15, -0.1) is 0 Å². The summed E-state index contributed by atoms with van der Waals surface area (Å²) in [5, 5.41) is 11.0. The van der Waals surface area contributed by atoms with Crippen LogP contribution >= 0.6 is 11.6 Å². The Morgan fingerprint density at radius 1 is 1.24 bits per heavy atom. The summed E-state index contributed by atoms with van der Waals surface area (Å²) in [6.07, 6.45) is 1.10. The molecule has 5 nitrogen and oxygen atoms in total. The molecule has 0 aliphatic heterocycles. The summed E-state index contributed by atoms with van der Waals surface area (Å²) in [5.74, 6) is 1.24. The summed E-state index contributed by atoms with van der Waals surface area (Å²) >= 11 is 5.85. The highest BCUT2D eigenvalue weighted by atomic mass is 35.5. The van der Waals surface area contributed by atoms with Gasteiger partial charge in [-0.25, -0.2) is 9.13 Å². The van der Waals surface area contributed by atoms with Crippen molar-refractivity contribution in [1.29, 1.82) is 0 Å². The van der Waals surface area contributed by atoms with E-state index in [1.54, 1.807) is 30.3 Å². The Kier molecular flexibility index (Phi) is 5.26. The molecular weight excluding hydrogens is 338 g/mol. The third kappa shape index (κ3) is 3.78. The van der Waals surface area contributed by atoms with Crippen LogP contribution in [0.4, 0.5) is 5.95 Å². The van der Waals surface area contributed by atoms with Crippen LogP contribution in [0.15, 0.2) is 61.2 Å². The van der Waals surface area contributed by atoms with Crippen molar-refractivity contribution >= 4 is 28.6 Å². The first-order valence-electron chi connectivity index (χ1n) is 8.04. The van der Waals surface area contributed by atoms with E-state index < -0.39 is 6.10 Å². The third-order valence-electron chi connectivity index (χ3n) is 3.98. The number of nitrogens with zero attached hydrogens (tertiary/aromatic N) is 2. The van der Waals surface area contributed by atoms with Crippen LogP contribution in [-0.2, 0) is 13.1 Å². The van der Waals surface area contributed by atoms with Crippen molar-refractivity contribution in [3.63, 3.8) is 0 Å². The minimum atomic E-state index is -0.703. The largest absolute Gasteiger partial charge is 0.491 e. The van der Waals surface area contributed by atoms with Crippen molar-refractivity contribution in [2.45, 2.75) is 19.2 Å². The number of ether oxygens (including phenoxy) is 1. The first kappa shape index (κ1) is 17.3. The lowest BCUT2D eigenvalue weighted by atomic mass is 10.3. The number of anilines is 1. The van der Waals surface area contributed by atoms with E-state index in [0.29, 0.717) is 29.8 Å². The molecule has 0 bridgehead atoms. The second-order valence-electron chi connectivity index (χ2n) is 5.78. The van der Waals surface area contributed by atoms with E-state index in [0.717, 1.165) is 11.0 Å². The van der Waals surface area contributed by atoms with Crippen LogP contribution in [0.5, 0.6) is 5.75 Å². The summed E-state index contributed by atoms with van der Waals surface area (Å²) < 4.78 is 9.48. The highest BCUT2D eigenvalue weighted by molar-refractivity contribution is 6.30. The summed E-state index contributed by atoms with van der Waals surface area (Å²) in [5.41, 5.74) is 8.26. The number of nitrogens with two attached hydrogens (primary N) is 1. The summed E-state index contributed by atoms with van der Waals surface area (Å²) in [6, 6.07) is 14.9. The first-order chi connectivity index (χ1) is 12.1. The summed E-state index contributed by atoms with van der Waals surface area (Å²) in [4.78, 5) is 0. The van der Waals surface area contributed by atoms with E-state index in [1.807, 2.05) is 33.4 Å². The molecule has 25 heavy (non-hydrogen) atoms. The monoisotopic (exact) mass is 358 g/mol. The topological polar surface area (TPSA) is 64.3 Å². The highest BCUT2D eigenvalue weighted by Crippen LogP contribution is 2.17. The Morgan fingerprint density at radius 3 is 2.68 bits per heavy atom. The molecule has 0 saturated heterocycles. The Morgan fingerprint density at radius 2 is 1.96 bits per heavy atom. The van der Waals surface area contributed by atoms with Crippen molar-refractivity contribution in [3.8, 4) is 5.75 Å². The number of benzene rings is 2. The number of hydrogen-bond donors (Lipinski definition) is 2. The normalized spacial score (nSPS) is 12.2. The predicted octanol–water partition coefficient (Wildman–Crippen LogP) is 2.79. The molecule has 0 aliphatic carbocycles. The van der Waals surface area contributed by atoms with Crippen molar-refractivity contribution < 1.29 is 14.4 Å². The van der Waals surface area contributed by atoms with Gasteiger partial charge in [0, 0.05) is 5.02 Å².